The fourth-order valence-corrected chi connectivity index (χ4v) is 3.50. The molecule has 2 nitrogen and oxygen atoms in total. The maximum Gasteiger partial charge on any atom is 0.143 e. The molecule has 0 amide bonds. The molecule has 0 aromatic heterocycles. The van der Waals surface area contributed by atoms with Crippen molar-refractivity contribution in [2.45, 2.75) is 32.6 Å². The Labute approximate surface area is 128 Å². The van der Waals surface area contributed by atoms with Crippen LogP contribution in [0.25, 0.3) is 0 Å². The summed E-state index contributed by atoms with van der Waals surface area (Å²) in [7, 11) is 0. The lowest BCUT2D eigenvalue weighted by Gasteiger charge is -2.35. The molecule has 0 saturated carbocycles. The van der Waals surface area contributed by atoms with Gasteiger partial charge in [0, 0.05) is 21.3 Å². The number of carbonyl (C=O) groups excluding carboxylic acids is 1. The Hall–Kier alpha value is -0.380. The average Bonchev–Trinajstić information content (AvgIpc) is 2.42. The third kappa shape index (κ3) is 3.39. The number of hydrogen-bond donors (Lipinski definition) is 1. The van der Waals surface area contributed by atoms with E-state index in [1.54, 1.807) is 0 Å². The molecule has 1 aromatic carbocycles. The summed E-state index contributed by atoms with van der Waals surface area (Å²) in [5.41, 5.74) is 0.781. The zero-order valence-corrected chi connectivity index (χ0v) is 13.5. The lowest BCUT2D eigenvalue weighted by Crippen LogP contribution is -2.42. The fraction of sp³-hybridized carbons (Fsp3) is 0.533. The number of rotatable bonds is 4. The predicted octanol–water partition coefficient (Wildman–Crippen LogP) is 3.99. The summed E-state index contributed by atoms with van der Waals surface area (Å²) in [6, 6.07) is 5.73. The average molecular weight is 345 g/mol. The second-order valence-electron chi connectivity index (χ2n) is 5.22. The van der Waals surface area contributed by atoms with Crippen LogP contribution >= 0.6 is 27.5 Å². The second-order valence-corrected chi connectivity index (χ2v) is 6.54. The topological polar surface area (TPSA) is 29.1 Å². The lowest BCUT2D eigenvalue weighted by molar-refractivity contribution is -0.129. The molecule has 1 N–H and O–H groups in total. The van der Waals surface area contributed by atoms with Crippen molar-refractivity contribution in [3.63, 3.8) is 0 Å². The van der Waals surface area contributed by atoms with Gasteiger partial charge in [-0.1, -0.05) is 40.5 Å². The molecule has 19 heavy (non-hydrogen) atoms. The molecule has 1 aromatic rings. The Balaban J connectivity index is 2.15. The van der Waals surface area contributed by atoms with Crippen molar-refractivity contribution in [1.29, 1.82) is 0 Å². The highest BCUT2D eigenvalue weighted by Crippen LogP contribution is 2.35. The molecule has 104 valence electrons. The zero-order valence-electron chi connectivity index (χ0n) is 11.1. The van der Waals surface area contributed by atoms with Crippen LogP contribution in [0.3, 0.4) is 0 Å². The van der Waals surface area contributed by atoms with E-state index in [0.29, 0.717) is 17.2 Å². The van der Waals surface area contributed by atoms with E-state index >= 15 is 0 Å². The van der Waals surface area contributed by atoms with Gasteiger partial charge in [-0.05, 0) is 50.0 Å². The molecule has 4 heteroatoms. The first-order chi connectivity index (χ1) is 9.07. The van der Waals surface area contributed by atoms with Gasteiger partial charge in [-0.15, -0.1) is 0 Å². The molecule has 2 rings (SSSR count). The lowest BCUT2D eigenvalue weighted by atomic mass is 9.72. The van der Waals surface area contributed by atoms with E-state index in [1.165, 1.54) is 0 Å². The fourth-order valence-electron chi connectivity index (χ4n) is 2.76. The highest BCUT2D eigenvalue weighted by Gasteiger charge is 2.37. The molecule has 0 spiro atoms. The van der Waals surface area contributed by atoms with Crippen LogP contribution in [0.2, 0.25) is 5.02 Å². The van der Waals surface area contributed by atoms with Crippen LogP contribution in [0.1, 0.15) is 31.7 Å². The number of benzene rings is 1. The molecule has 1 saturated heterocycles. The largest absolute Gasteiger partial charge is 0.317 e. The summed E-state index contributed by atoms with van der Waals surface area (Å²) < 4.78 is 0.945. The number of halogens is 2. The van der Waals surface area contributed by atoms with Crippen molar-refractivity contribution in [3.8, 4) is 0 Å². The van der Waals surface area contributed by atoms with Crippen LogP contribution in [0.5, 0.6) is 0 Å². The van der Waals surface area contributed by atoms with E-state index in [0.717, 1.165) is 42.4 Å². The van der Waals surface area contributed by atoms with Crippen LogP contribution in [0, 0.1) is 5.41 Å². The van der Waals surface area contributed by atoms with E-state index in [4.69, 9.17) is 11.6 Å². The SMILES string of the molecule is CCC1(C(=O)Cc2ccc(Br)cc2Cl)CCNCC1. The molecule has 1 heterocycles. The number of Topliss-reactive ketones (excluding diaryl/α,β-unsaturated/α-hetero) is 1. The molecule has 0 bridgehead atoms. The Morgan fingerprint density at radius 1 is 1.42 bits per heavy atom. The van der Waals surface area contributed by atoms with Gasteiger partial charge in [-0.2, -0.15) is 0 Å². The number of nitrogens with one attached hydrogen (secondary N) is 1. The van der Waals surface area contributed by atoms with E-state index in [9.17, 15) is 4.79 Å². The molecular formula is C15H19BrClNO. The minimum atomic E-state index is -0.151. The van der Waals surface area contributed by atoms with Crippen molar-refractivity contribution < 1.29 is 4.79 Å². The van der Waals surface area contributed by atoms with Gasteiger partial charge >= 0.3 is 0 Å². The molecule has 0 radical (unpaired) electrons. The third-order valence-corrected chi connectivity index (χ3v) is 5.04. The summed E-state index contributed by atoms with van der Waals surface area (Å²) in [5.74, 6) is 0.334. The van der Waals surface area contributed by atoms with Gasteiger partial charge in [0.2, 0.25) is 0 Å². The molecule has 0 atom stereocenters. The summed E-state index contributed by atoms with van der Waals surface area (Å²) in [4.78, 5) is 12.7. The van der Waals surface area contributed by atoms with Crippen molar-refractivity contribution in [2.75, 3.05) is 13.1 Å². The van der Waals surface area contributed by atoms with Gasteiger partial charge in [-0.3, -0.25) is 4.79 Å². The quantitative estimate of drug-likeness (QED) is 0.894. The van der Waals surface area contributed by atoms with E-state index in [2.05, 4.69) is 28.2 Å². The van der Waals surface area contributed by atoms with Crippen LogP contribution in [0.4, 0.5) is 0 Å². The first-order valence-corrected chi connectivity index (χ1v) is 7.92. The van der Waals surface area contributed by atoms with Gasteiger partial charge in [0.05, 0.1) is 0 Å². The summed E-state index contributed by atoms with van der Waals surface area (Å²) in [5, 5.41) is 4.00. The number of ketones is 1. The van der Waals surface area contributed by atoms with Gasteiger partial charge in [0.25, 0.3) is 0 Å². The molecule has 1 aliphatic rings. The van der Waals surface area contributed by atoms with Gasteiger partial charge in [-0.25, -0.2) is 0 Å². The van der Waals surface area contributed by atoms with Crippen LogP contribution in [0.15, 0.2) is 22.7 Å². The minimum Gasteiger partial charge on any atom is -0.317 e. The van der Waals surface area contributed by atoms with Crippen LogP contribution < -0.4 is 5.32 Å². The van der Waals surface area contributed by atoms with Gasteiger partial charge in [0.1, 0.15) is 5.78 Å². The highest BCUT2D eigenvalue weighted by atomic mass is 79.9. The molecular weight excluding hydrogens is 326 g/mol. The summed E-state index contributed by atoms with van der Waals surface area (Å²) >= 11 is 9.59. The smallest absolute Gasteiger partial charge is 0.143 e. The first kappa shape index (κ1) is 15.0. The van der Waals surface area contributed by atoms with Crippen LogP contribution in [-0.4, -0.2) is 18.9 Å². The monoisotopic (exact) mass is 343 g/mol. The molecule has 0 unspecified atom stereocenters. The van der Waals surface area contributed by atoms with Crippen molar-refractivity contribution >= 4 is 33.3 Å². The molecule has 0 aliphatic carbocycles. The van der Waals surface area contributed by atoms with Gasteiger partial charge in [0.15, 0.2) is 0 Å². The van der Waals surface area contributed by atoms with E-state index in [1.807, 2.05) is 18.2 Å². The Morgan fingerprint density at radius 2 is 2.11 bits per heavy atom. The number of carbonyl (C=O) groups is 1. The van der Waals surface area contributed by atoms with Crippen molar-refractivity contribution in [3.05, 3.63) is 33.3 Å². The van der Waals surface area contributed by atoms with E-state index < -0.39 is 0 Å². The minimum absolute atomic E-state index is 0.151. The van der Waals surface area contributed by atoms with Gasteiger partial charge < -0.3 is 5.32 Å². The summed E-state index contributed by atoms with van der Waals surface area (Å²) in [6.45, 7) is 3.99. The number of hydrogen-bond acceptors (Lipinski definition) is 2. The predicted molar refractivity (Wildman–Crippen MR) is 82.7 cm³/mol. The Kier molecular flexibility index (Phi) is 5.04. The van der Waals surface area contributed by atoms with E-state index in [-0.39, 0.29) is 5.41 Å². The normalized spacial score (nSPS) is 18.3. The summed E-state index contributed by atoms with van der Waals surface area (Å²) in [6.07, 6.45) is 3.24. The highest BCUT2D eigenvalue weighted by molar-refractivity contribution is 9.10. The zero-order chi connectivity index (χ0) is 13.9. The maximum absolute atomic E-state index is 12.7. The number of piperidine rings is 1. The third-order valence-electron chi connectivity index (χ3n) is 4.20. The van der Waals surface area contributed by atoms with Crippen molar-refractivity contribution in [2.24, 2.45) is 5.41 Å². The standard InChI is InChI=1S/C15H19BrClNO/c1-2-15(5-7-18-8-6-15)14(19)9-11-3-4-12(16)10-13(11)17/h3-4,10,18H,2,5-9H2,1H3. The molecule has 1 aliphatic heterocycles. The Morgan fingerprint density at radius 3 is 2.68 bits per heavy atom. The Bertz CT molecular complexity index is 469. The van der Waals surface area contributed by atoms with Crippen LogP contribution in [-0.2, 0) is 11.2 Å². The second kappa shape index (κ2) is 6.38. The first-order valence-electron chi connectivity index (χ1n) is 6.75. The maximum atomic E-state index is 12.7. The van der Waals surface area contributed by atoms with Crippen molar-refractivity contribution in [1.82, 2.24) is 5.32 Å². The molecule has 1 fully saturated rings.